The number of hydrogen-bond acceptors (Lipinski definition) is 8. The maximum Gasteiger partial charge on any atom is 0.295 e. The average Bonchev–Trinajstić information content (AvgIpc) is 3.19. The molecule has 0 radical (unpaired) electrons. The number of aromatic nitrogens is 1. The molecule has 2 aromatic carbocycles. The Kier molecular flexibility index (Phi) is 6.78. The van der Waals surface area contributed by atoms with Crippen molar-refractivity contribution in [2.45, 2.75) is 37.2 Å². The van der Waals surface area contributed by atoms with E-state index in [9.17, 15) is 13.5 Å². The lowest BCUT2D eigenvalue weighted by atomic mass is 10.0. The molecule has 2 N–H and O–H groups in total. The molecule has 0 unspecified atom stereocenters. The highest BCUT2D eigenvalue weighted by Crippen LogP contribution is 2.28. The normalized spacial score (nSPS) is 15.9. The van der Waals surface area contributed by atoms with Gasteiger partial charge in [0.2, 0.25) is 10.0 Å². The number of aromatic hydroxyl groups is 1. The Morgan fingerprint density at radius 3 is 2.67 bits per heavy atom. The summed E-state index contributed by atoms with van der Waals surface area (Å²) in [5.41, 5.74) is 2.16. The molecule has 1 aliphatic rings. The molecular weight excluding hydrogens is 444 g/mol. The maximum absolute atomic E-state index is 12.4. The van der Waals surface area contributed by atoms with Crippen molar-refractivity contribution in [2.24, 2.45) is 0 Å². The van der Waals surface area contributed by atoms with Crippen molar-refractivity contribution in [3.63, 3.8) is 0 Å². The number of phenols is 1. The number of oxazole rings is 1. The minimum absolute atomic E-state index is 0.160. The molecule has 178 valence electrons. The number of anilines is 1. The molecule has 10 heteroatoms. The molecule has 33 heavy (non-hydrogen) atoms. The Balaban J connectivity index is 1.36. The fourth-order valence-electron chi connectivity index (χ4n) is 3.94. The molecule has 1 aliphatic heterocycles. The Morgan fingerprint density at radius 2 is 1.97 bits per heavy atom. The summed E-state index contributed by atoms with van der Waals surface area (Å²) in [7, 11) is -0.520. The number of phenolic OH excluding ortho intramolecular Hbond substituents is 1. The van der Waals surface area contributed by atoms with Crippen LogP contribution in [0.1, 0.15) is 25.3 Å². The van der Waals surface area contributed by atoms with E-state index in [1.165, 1.54) is 30.5 Å². The van der Waals surface area contributed by atoms with Crippen molar-refractivity contribution >= 4 is 27.1 Å². The largest absolute Gasteiger partial charge is 0.504 e. The van der Waals surface area contributed by atoms with E-state index < -0.39 is 10.0 Å². The smallest absolute Gasteiger partial charge is 0.295 e. The summed E-state index contributed by atoms with van der Waals surface area (Å²) in [6.07, 6.45) is 1.85. The summed E-state index contributed by atoms with van der Waals surface area (Å²) in [4.78, 5) is 7.01. The summed E-state index contributed by atoms with van der Waals surface area (Å²) in [5, 5.41) is 13.2. The summed E-state index contributed by atoms with van der Waals surface area (Å²) in [6.45, 7) is 5.02. The van der Waals surface area contributed by atoms with Crippen LogP contribution in [0.2, 0.25) is 0 Å². The Labute approximate surface area is 194 Å². The second-order valence-electron chi connectivity index (χ2n) is 8.37. The number of ether oxygens (including phenoxy) is 1. The van der Waals surface area contributed by atoms with E-state index >= 15 is 0 Å². The van der Waals surface area contributed by atoms with E-state index in [2.05, 4.69) is 15.2 Å². The number of fused-ring (bicyclic) bond motifs is 1. The number of sulfonamides is 1. The van der Waals surface area contributed by atoms with Gasteiger partial charge in [0.05, 0.1) is 11.5 Å². The molecular formula is C23H30N4O5S. The van der Waals surface area contributed by atoms with Crippen molar-refractivity contribution in [3.05, 3.63) is 42.0 Å². The zero-order valence-electron chi connectivity index (χ0n) is 19.1. The van der Waals surface area contributed by atoms with E-state index in [0.717, 1.165) is 38.0 Å². The summed E-state index contributed by atoms with van der Waals surface area (Å²) in [6, 6.07) is 10.8. The fourth-order valence-corrected chi connectivity index (χ4v) is 4.86. The van der Waals surface area contributed by atoms with Crippen molar-refractivity contribution in [3.8, 4) is 11.5 Å². The Morgan fingerprint density at radius 1 is 1.21 bits per heavy atom. The third kappa shape index (κ3) is 5.23. The predicted octanol–water partition coefficient (Wildman–Crippen LogP) is 3.26. The number of rotatable bonds is 8. The third-order valence-electron chi connectivity index (χ3n) is 5.78. The monoisotopic (exact) mass is 474 g/mol. The van der Waals surface area contributed by atoms with E-state index in [0.29, 0.717) is 29.5 Å². The highest BCUT2D eigenvalue weighted by molar-refractivity contribution is 7.89. The second-order valence-corrected chi connectivity index (χ2v) is 10.5. The highest BCUT2D eigenvalue weighted by Gasteiger charge is 2.22. The molecule has 1 fully saturated rings. The van der Waals surface area contributed by atoms with Gasteiger partial charge in [-0.05, 0) is 55.7 Å². The van der Waals surface area contributed by atoms with Gasteiger partial charge in [-0.25, -0.2) is 12.7 Å². The molecule has 0 amide bonds. The van der Waals surface area contributed by atoms with Crippen LogP contribution in [0.25, 0.3) is 11.1 Å². The minimum atomic E-state index is -3.52. The molecule has 0 aliphatic carbocycles. The lowest BCUT2D eigenvalue weighted by Gasteiger charge is -2.32. The first-order valence-corrected chi connectivity index (χ1v) is 12.5. The van der Waals surface area contributed by atoms with Crippen molar-refractivity contribution < 1.29 is 22.7 Å². The lowest BCUT2D eigenvalue weighted by Crippen LogP contribution is -2.38. The number of nitrogens with zero attached hydrogens (tertiary/aromatic N) is 3. The van der Waals surface area contributed by atoms with Crippen LogP contribution >= 0.6 is 0 Å². The van der Waals surface area contributed by atoms with Gasteiger partial charge < -0.3 is 19.6 Å². The molecule has 1 saturated heterocycles. The SMILES string of the molecule is CCOc1cc(CN2CCC(Nc3nc4cc(S(=O)(=O)N(C)C)ccc4o3)CC2)ccc1O. The van der Waals surface area contributed by atoms with Crippen LogP contribution in [0.5, 0.6) is 11.5 Å². The van der Waals surface area contributed by atoms with Gasteiger partial charge >= 0.3 is 0 Å². The minimum Gasteiger partial charge on any atom is -0.504 e. The van der Waals surface area contributed by atoms with Crippen molar-refractivity contribution in [1.29, 1.82) is 0 Å². The van der Waals surface area contributed by atoms with E-state index in [-0.39, 0.29) is 16.7 Å². The van der Waals surface area contributed by atoms with Crippen LogP contribution in [0.15, 0.2) is 45.7 Å². The van der Waals surface area contributed by atoms with Crippen LogP contribution in [0, 0.1) is 0 Å². The zero-order valence-corrected chi connectivity index (χ0v) is 19.9. The van der Waals surface area contributed by atoms with Gasteiger partial charge in [0, 0.05) is 39.8 Å². The second kappa shape index (κ2) is 9.58. The van der Waals surface area contributed by atoms with Gasteiger partial charge in [0.25, 0.3) is 6.01 Å². The van der Waals surface area contributed by atoms with E-state index in [4.69, 9.17) is 9.15 Å². The molecule has 0 spiro atoms. The first kappa shape index (κ1) is 23.3. The van der Waals surface area contributed by atoms with Crippen LogP contribution in [0.3, 0.4) is 0 Å². The summed E-state index contributed by atoms with van der Waals surface area (Å²) in [5.74, 6) is 0.678. The van der Waals surface area contributed by atoms with Gasteiger partial charge in [0.15, 0.2) is 17.1 Å². The fraction of sp³-hybridized carbons (Fsp3) is 0.435. The van der Waals surface area contributed by atoms with Crippen LogP contribution in [-0.4, -0.2) is 67.5 Å². The van der Waals surface area contributed by atoms with E-state index in [1.54, 1.807) is 12.1 Å². The predicted molar refractivity (Wildman–Crippen MR) is 126 cm³/mol. The Bertz CT molecular complexity index is 1220. The molecule has 0 atom stereocenters. The maximum atomic E-state index is 12.4. The number of piperidine rings is 1. The molecule has 1 aromatic heterocycles. The third-order valence-corrected chi connectivity index (χ3v) is 7.59. The van der Waals surface area contributed by atoms with Crippen LogP contribution in [0.4, 0.5) is 6.01 Å². The molecule has 4 rings (SSSR count). The summed E-state index contributed by atoms with van der Waals surface area (Å²) < 4.78 is 37.2. The topological polar surface area (TPSA) is 108 Å². The number of likely N-dealkylation sites (tertiary alicyclic amines) is 1. The molecule has 2 heterocycles. The quantitative estimate of drug-likeness (QED) is 0.512. The summed E-state index contributed by atoms with van der Waals surface area (Å²) >= 11 is 0. The molecule has 0 saturated carbocycles. The Hall–Kier alpha value is -2.82. The van der Waals surface area contributed by atoms with Gasteiger partial charge in [-0.1, -0.05) is 6.07 Å². The molecule has 3 aromatic rings. The molecule has 9 nitrogen and oxygen atoms in total. The van der Waals surface area contributed by atoms with Gasteiger partial charge in [0.1, 0.15) is 5.52 Å². The first-order chi connectivity index (χ1) is 15.8. The van der Waals surface area contributed by atoms with Crippen LogP contribution < -0.4 is 10.1 Å². The average molecular weight is 475 g/mol. The van der Waals surface area contributed by atoms with Crippen molar-refractivity contribution in [2.75, 3.05) is 39.1 Å². The van der Waals surface area contributed by atoms with Gasteiger partial charge in [-0.3, -0.25) is 4.90 Å². The number of hydrogen-bond donors (Lipinski definition) is 2. The van der Waals surface area contributed by atoms with Crippen molar-refractivity contribution in [1.82, 2.24) is 14.2 Å². The van der Waals surface area contributed by atoms with Crippen LogP contribution in [-0.2, 0) is 16.6 Å². The lowest BCUT2D eigenvalue weighted by molar-refractivity contribution is 0.210. The number of nitrogens with one attached hydrogen (secondary N) is 1. The van der Waals surface area contributed by atoms with Gasteiger partial charge in [-0.15, -0.1) is 0 Å². The van der Waals surface area contributed by atoms with Gasteiger partial charge in [-0.2, -0.15) is 4.98 Å². The highest BCUT2D eigenvalue weighted by atomic mass is 32.2. The zero-order chi connectivity index (χ0) is 23.6. The molecule has 0 bridgehead atoms. The first-order valence-electron chi connectivity index (χ1n) is 11.0. The number of benzene rings is 2. The standard InChI is InChI=1S/C23H30N4O5S/c1-4-31-22-13-16(5-7-20(22)28)15-27-11-9-17(10-12-27)24-23-25-19-14-18(6-8-21(19)32-23)33(29,30)26(2)3/h5-8,13-14,17,28H,4,9-12,15H2,1-3H3,(H,24,25). The van der Waals surface area contributed by atoms with E-state index in [1.807, 2.05) is 19.1 Å².